The fourth-order valence-electron chi connectivity index (χ4n) is 1.44. The van der Waals surface area contributed by atoms with E-state index in [4.69, 9.17) is 4.42 Å². The van der Waals surface area contributed by atoms with E-state index in [-0.39, 0.29) is 5.82 Å². The summed E-state index contributed by atoms with van der Waals surface area (Å²) in [5.41, 5.74) is 0.490. The third kappa shape index (κ3) is 2.07. The first-order valence-electron chi connectivity index (χ1n) is 4.66. The Morgan fingerprint density at radius 2 is 2.07 bits per heavy atom. The molecule has 0 amide bonds. The molecule has 0 aliphatic heterocycles. The Labute approximate surface area is 87.0 Å². The molecule has 1 atom stereocenters. The van der Waals surface area contributed by atoms with E-state index >= 15 is 0 Å². The van der Waals surface area contributed by atoms with Gasteiger partial charge in [0.1, 0.15) is 23.4 Å². The largest absolute Gasteiger partial charge is 0.463 e. The van der Waals surface area contributed by atoms with Crippen LogP contribution in [0.4, 0.5) is 4.39 Å². The van der Waals surface area contributed by atoms with Crippen molar-refractivity contribution >= 4 is 0 Å². The molecular weight excluding hydrogens is 195 g/mol. The van der Waals surface area contributed by atoms with Crippen LogP contribution in [0.1, 0.15) is 23.2 Å². The Balaban J connectivity index is 2.32. The number of halogens is 1. The molecule has 0 spiro atoms. The molecular formula is C12H11FO2. The zero-order valence-corrected chi connectivity index (χ0v) is 8.27. The van der Waals surface area contributed by atoms with Gasteiger partial charge in [-0.2, -0.15) is 0 Å². The van der Waals surface area contributed by atoms with Gasteiger partial charge < -0.3 is 9.52 Å². The summed E-state index contributed by atoms with van der Waals surface area (Å²) < 4.78 is 18.2. The van der Waals surface area contributed by atoms with Gasteiger partial charge in [-0.05, 0) is 36.8 Å². The van der Waals surface area contributed by atoms with Gasteiger partial charge in [-0.25, -0.2) is 4.39 Å². The van der Waals surface area contributed by atoms with Crippen LogP contribution in [0.15, 0.2) is 40.8 Å². The van der Waals surface area contributed by atoms with E-state index in [1.807, 2.05) is 0 Å². The van der Waals surface area contributed by atoms with Crippen LogP contribution in [0.25, 0.3) is 0 Å². The number of benzene rings is 1. The predicted octanol–water partition coefficient (Wildman–Crippen LogP) is 2.81. The van der Waals surface area contributed by atoms with Gasteiger partial charge in [0.2, 0.25) is 0 Å². The molecule has 0 saturated carbocycles. The molecule has 0 radical (unpaired) electrons. The van der Waals surface area contributed by atoms with Crippen molar-refractivity contribution in [3.05, 3.63) is 59.3 Å². The Morgan fingerprint density at radius 1 is 1.27 bits per heavy atom. The number of aliphatic hydroxyl groups excluding tert-OH is 1. The molecule has 2 nitrogen and oxygen atoms in total. The van der Waals surface area contributed by atoms with E-state index in [2.05, 4.69) is 0 Å². The van der Waals surface area contributed by atoms with Gasteiger partial charge in [-0.1, -0.05) is 12.1 Å². The van der Waals surface area contributed by atoms with Crippen LogP contribution in [-0.2, 0) is 0 Å². The highest BCUT2D eigenvalue weighted by molar-refractivity contribution is 5.25. The summed E-state index contributed by atoms with van der Waals surface area (Å²) in [5, 5.41) is 9.87. The van der Waals surface area contributed by atoms with E-state index in [1.54, 1.807) is 31.2 Å². The summed E-state index contributed by atoms with van der Waals surface area (Å²) >= 11 is 0. The molecule has 15 heavy (non-hydrogen) atoms. The summed E-state index contributed by atoms with van der Waals surface area (Å²) in [5.74, 6) is 0.786. The van der Waals surface area contributed by atoms with Gasteiger partial charge in [0.25, 0.3) is 0 Å². The molecule has 0 unspecified atom stereocenters. The van der Waals surface area contributed by atoms with Crippen molar-refractivity contribution in [1.82, 2.24) is 0 Å². The topological polar surface area (TPSA) is 33.4 Å². The minimum absolute atomic E-state index is 0.366. The first-order valence-corrected chi connectivity index (χ1v) is 4.66. The summed E-state index contributed by atoms with van der Waals surface area (Å²) in [6.45, 7) is 1.79. The quantitative estimate of drug-likeness (QED) is 0.819. The summed E-state index contributed by atoms with van der Waals surface area (Å²) in [7, 11) is 0. The van der Waals surface area contributed by atoms with E-state index in [1.165, 1.54) is 12.1 Å². The maximum Gasteiger partial charge on any atom is 0.137 e. The lowest BCUT2D eigenvalue weighted by Gasteiger charge is -2.07. The molecule has 1 aromatic heterocycles. The van der Waals surface area contributed by atoms with Gasteiger partial charge in [0.15, 0.2) is 0 Å². The molecule has 1 heterocycles. The van der Waals surface area contributed by atoms with Crippen molar-refractivity contribution in [2.75, 3.05) is 0 Å². The van der Waals surface area contributed by atoms with Gasteiger partial charge in [0, 0.05) is 0 Å². The van der Waals surface area contributed by atoms with E-state index in [9.17, 15) is 9.50 Å². The molecule has 0 bridgehead atoms. The summed E-state index contributed by atoms with van der Waals surface area (Å²) in [6, 6.07) is 9.30. The van der Waals surface area contributed by atoms with Crippen LogP contribution in [0.5, 0.6) is 0 Å². The normalized spacial score (nSPS) is 12.7. The van der Waals surface area contributed by atoms with Crippen LogP contribution in [0.2, 0.25) is 0 Å². The van der Waals surface area contributed by atoms with Crippen molar-refractivity contribution < 1.29 is 13.9 Å². The van der Waals surface area contributed by atoms with Gasteiger partial charge in [-0.15, -0.1) is 0 Å². The van der Waals surface area contributed by atoms with Crippen LogP contribution in [-0.4, -0.2) is 5.11 Å². The lowest BCUT2D eigenvalue weighted by Crippen LogP contribution is -1.98. The van der Waals surface area contributed by atoms with Crippen LogP contribution < -0.4 is 0 Å². The van der Waals surface area contributed by atoms with Gasteiger partial charge in [0.05, 0.1) is 0 Å². The molecule has 1 N–H and O–H groups in total. The highest BCUT2D eigenvalue weighted by Crippen LogP contribution is 2.23. The highest BCUT2D eigenvalue weighted by atomic mass is 19.1. The lowest BCUT2D eigenvalue weighted by atomic mass is 10.1. The Bertz CT molecular complexity index is 462. The predicted molar refractivity (Wildman–Crippen MR) is 53.9 cm³/mol. The molecule has 78 valence electrons. The monoisotopic (exact) mass is 206 g/mol. The van der Waals surface area contributed by atoms with Crippen LogP contribution in [0.3, 0.4) is 0 Å². The second-order valence-corrected chi connectivity index (χ2v) is 3.41. The minimum atomic E-state index is -0.908. The molecule has 3 heteroatoms. The van der Waals surface area contributed by atoms with E-state index in [0.717, 1.165) is 5.76 Å². The lowest BCUT2D eigenvalue weighted by molar-refractivity contribution is 0.187. The van der Waals surface area contributed by atoms with Gasteiger partial charge >= 0.3 is 0 Å². The smallest absolute Gasteiger partial charge is 0.137 e. The first kappa shape index (κ1) is 9.93. The number of rotatable bonds is 2. The average Bonchev–Trinajstić information content (AvgIpc) is 2.64. The third-order valence-electron chi connectivity index (χ3n) is 2.20. The van der Waals surface area contributed by atoms with E-state index in [0.29, 0.717) is 11.3 Å². The summed E-state index contributed by atoms with van der Waals surface area (Å²) in [4.78, 5) is 0. The number of aryl methyl sites for hydroxylation is 1. The zero-order valence-electron chi connectivity index (χ0n) is 8.27. The van der Waals surface area contributed by atoms with Crippen LogP contribution in [0, 0.1) is 12.7 Å². The molecule has 2 rings (SSSR count). The molecule has 0 aliphatic rings. The van der Waals surface area contributed by atoms with Crippen molar-refractivity contribution in [3.63, 3.8) is 0 Å². The Morgan fingerprint density at radius 3 is 2.67 bits per heavy atom. The zero-order chi connectivity index (χ0) is 10.8. The van der Waals surface area contributed by atoms with Crippen molar-refractivity contribution in [3.8, 4) is 0 Å². The second-order valence-electron chi connectivity index (χ2n) is 3.41. The molecule has 0 aliphatic carbocycles. The third-order valence-corrected chi connectivity index (χ3v) is 2.20. The maximum atomic E-state index is 12.9. The number of hydrogen-bond donors (Lipinski definition) is 1. The Kier molecular flexibility index (Phi) is 2.56. The van der Waals surface area contributed by atoms with Gasteiger partial charge in [-0.3, -0.25) is 0 Å². The van der Waals surface area contributed by atoms with Crippen molar-refractivity contribution in [1.29, 1.82) is 0 Å². The Hall–Kier alpha value is -1.61. The summed E-state index contributed by atoms with van der Waals surface area (Å²) in [6.07, 6.45) is -0.908. The van der Waals surface area contributed by atoms with Crippen molar-refractivity contribution in [2.24, 2.45) is 0 Å². The average molecular weight is 206 g/mol. The fourth-order valence-corrected chi connectivity index (χ4v) is 1.44. The van der Waals surface area contributed by atoms with E-state index < -0.39 is 6.10 Å². The molecule has 1 aromatic carbocycles. The number of hydrogen-bond acceptors (Lipinski definition) is 2. The molecule has 0 fully saturated rings. The number of furan rings is 1. The SMILES string of the molecule is Cc1ccc([C@H](O)c2cccc(F)c2)o1. The highest BCUT2D eigenvalue weighted by Gasteiger charge is 2.14. The number of aliphatic hydroxyl groups is 1. The first-order chi connectivity index (χ1) is 7.16. The maximum absolute atomic E-state index is 12.9. The fraction of sp³-hybridized carbons (Fsp3) is 0.167. The second kappa shape index (κ2) is 3.87. The standard InChI is InChI=1S/C12H11FO2/c1-8-5-6-11(15-8)12(14)9-3-2-4-10(13)7-9/h2-7,12,14H,1H3/t12-/m1/s1. The van der Waals surface area contributed by atoms with Crippen LogP contribution >= 0.6 is 0 Å². The minimum Gasteiger partial charge on any atom is -0.463 e. The van der Waals surface area contributed by atoms with Crippen molar-refractivity contribution in [2.45, 2.75) is 13.0 Å². The molecule has 0 saturated heterocycles. The molecule has 2 aromatic rings.